The van der Waals surface area contributed by atoms with Crippen molar-refractivity contribution in [1.82, 2.24) is 20.0 Å². The number of carbonyl (C=O) groups is 1. The number of benzene rings is 1. The second-order valence-electron chi connectivity index (χ2n) is 7.87. The summed E-state index contributed by atoms with van der Waals surface area (Å²) >= 11 is 0. The van der Waals surface area contributed by atoms with Crippen LogP contribution in [0.15, 0.2) is 30.3 Å². The molecule has 1 aliphatic rings. The molecule has 1 N–H and O–H groups in total. The minimum absolute atomic E-state index is 0.0635. The molecule has 1 aliphatic heterocycles. The zero-order valence-electron chi connectivity index (χ0n) is 17.6. The molecule has 1 fully saturated rings. The maximum atomic E-state index is 12.5. The maximum Gasteiger partial charge on any atom is 0.223 e. The fourth-order valence-corrected chi connectivity index (χ4v) is 4.39. The number of hydrogen-bond donors (Lipinski definition) is 1. The van der Waals surface area contributed by atoms with E-state index in [0.717, 1.165) is 24.4 Å². The summed E-state index contributed by atoms with van der Waals surface area (Å²) in [5.41, 5.74) is 4.61. The van der Waals surface area contributed by atoms with E-state index in [1.807, 2.05) is 36.7 Å². The Balaban J connectivity index is 1.74. The van der Waals surface area contributed by atoms with Crippen LogP contribution in [0.5, 0.6) is 0 Å². The first kappa shape index (κ1) is 20.6. The normalized spacial score (nSPS) is 20.8. The molecule has 6 heteroatoms. The second kappa shape index (κ2) is 8.88. The molecule has 152 valence electrons. The smallest absolute Gasteiger partial charge is 0.223 e. The summed E-state index contributed by atoms with van der Waals surface area (Å²) in [6.45, 7) is 5.53. The third-order valence-corrected chi connectivity index (χ3v) is 5.92. The molecular weight excluding hydrogens is 352 g/mol. The van der Waals surface area contributed by atoms with Crippen molar-refractivity contribution in [3.8, 4) is 0 Å². The number of amides is 1. The van der Waals surface area contributed by atoms with Gasteiger partial charge in [0.25, 0.3) is 0 Å². The van der Waals surface area contributed by atoms with Gasteiger partial charge in [0.1, 0.15) is 0 Å². The highest BCUT2D eigenvalue weighted by Crippen LogP contribution is 2.39. The minimum Gasteiger partial charge on any atom is -0.383 e. The molecule has 6 nitrogen and oxygen atoms in total. The van der Waals surface area contributed by atoms with Crippen LogP contribution in [-0.4, -0.2) is 53.9 Å². The summed E-state index contributed by atoms with van der Waals surface area (Å²) in [5.74, 6) is 0.417. The molecule has 0 bridgehead atoms. The monoisotopic (exact) mass is 384 g/mol. The van der Waals surface area contributed by atoms with Crippen molar-refractivity contribution in [3.63, 3.8) is 0 Å². The van der Waals surface area contributed by atoms with Gasteiger partial charge in [-0.15, -0.1) is 0 Å². The molecule has 1 amide bonds. The number of ether oxygens (including phenoxy) is 1. The maximum absolute atomic E-state index is 12.5. The zero-order chi connectivity index (χ0) is 20.3. The average molecular weight is 385 g/mol. The van der Waals surface area contributed by atoms with E-state index in [4.69, 9.17) is 4.74 Å². The number of carbonyl (C=O) groups excluding carboxylic acids is 1. The van der Waals surface area contributed by atoms with Gasteiger partial charge in [-0.25, -0.2) is 0 Å². The van der Waals surface area contributed by atoms with E-state index in [0.29, 0.717) is 13.0 Å². The van der Waals surface area contributed by atoms with Gasteiger partial charge in [0, 0.05) is 57.4 Å². The summed E-state index contributed by atoms with van der Waals surface area (Å²) in [6, 6.07) is 10.7. The van der Waals surface area contributed by atoms with Gasteiger partial charge in [0.05, 0.1) is 18.3 Å². The molecule has 3 rings (SSSR count). The number of methoxy groups -OCH3 is 1. The van der Waals surface area contributed by atoms with Crippen LogP contribution in [0.2, 0.25) is 0 Å². The third-order valence-electron chi connectivity index (χ3n) is 5.92. The van der Waals surface area contributed by atoms with Crippen LogP contribution in [0, 0.1) is 19.8 Å². The molecule has 3 atom stereocenters. The Morgan fingerprint density at radius 3 is 2.57 bits per heavy atom. The van der Waals surface area contributed by atoms with E-state index < -0.39 is 0 Å². The summed E-state index contributed by atoms with van der Waals surface area (Å²) in [5, 5.41) is 8.23. The van der Waals surface area contributed by atoms with Gasteiger partial charge < -0.3 is 15.0 Å². The third kappa shape index (κ3) is 4.28. The lowest BCUT2D eigenvalue weighted by Crippen LogP contribution is -2.39. The Kier molecular flexibility index (Phi) is 6.52. The Morgan fingerprint density at radius 2 is 1.96 bits per heavy atom. The Bertz CT molecular complexity index is 802. The summed E-state index contributed by atoms with van der Waals surface area (Å²) in [6.07, 6.45) is 1.47. The van der Waals surface area contributed by atoms with Crippen LogP contribution in [0.4, 0.5) is 0 Å². The summed E-state index contributed by atoms with van der Waals surface area (Å²) in [4.78, 5) is 14.4. The van der Waals surface area contributed by atoms with Gasteiger partial charge in [-0.3, -0.25) is 9.48 Å². The standard InChI is InChI=1S/C22H32N4O2/c1-15-21(16(2)26(4)24-15)22-18(12-20(27)25(22)3)13-23-19(14-28-5)11-17-9-7-6-8-10-17/h6-10,18-19,22-23H,11-14H2,1-5H3/t18-,19-,22+/m0/s1. The van der Waals surface area contributed by atoms with Crippen molar-refractivity contribution in [2.45, 2.75) is 38.8 Å². The van der Waals surface area contributed by atoms with Crippen molar-refractivity contribution in [2.24, 2.45) is 13.0 Å². The molecule has 2 aromatic rings. The Hall–Kier alpha value is -2.18. The quantitative estimate of drug-likeness (QED) is 0.759. The lowest BCUT2D eigenvalue weighted by atomic mass is 9.91. The predicted octanol–water partition coefficient (Wildman–Crippen LogP) is 2.40. The number of aromatic nitrogens is 2. The van der Waals surface area contributed by atoms with E-state index in [1.165, 1.54) is 11.1 Å². The van der Waals surface area contributed by atoms with Gasteiger partial charge in [0.15, 0.2) is 0 Å². The number of nitrogens with zero attached hydrogens (tertiary/aromatic N) is 3. The van der Waals surface area contributed by atoms with Crippen LogP contribution < -0.4 is 5.32 Å². The van der Waals surface area contributed by atoms with E-state index in [1.54, 1.807) is 7.11 Å². The first-order chi connectivity index (χ1) is 13.4. The predicted molar refractivity (Wildman–Crippen MR) is 110 cm³/mol. The molecule has 1 aromatic heterocycles. The highest BCUT2D eigenvalue weighted by molar-refractivity contribution is 5.79. The van der Waals surface area contributed by atoms with Crippen LogP contribution in [0.25, 0.3) is 0 Å². The van der Waals surface area contributed by atoms with E-state index in [9.17, 15) is 4.79 Å². The highest BCUT2D eigenvalue weighted by atomic mass is 16.5. The first-order valence-corrected chi connectivity index (χ1v) is 9.94. The molecule has 0 unspecified atom stereocenters. The lowest BCUT2D eigenvalue weighted by Gasteiger charge is -2.27. The van der Waals surface area contributed by atoms with Crippen LogP contribution >= 0.6 is 0 Å². The van der Waals surface area contributed by atoms with Crippen LogP contribution in [0.1, 0.15) is 35.0 Å². The number of hydrogen-bond acceptors (Lipinski definition) is 4. The van der Waals surface area contributed by atoms with Gasteiger partial charge in [-0.05, 0) is 25.8 Å². The van der Waals surface area contributed by atoms with Crippen molar-refractivity contribution in [1.29, 1.82) is 0 Å². The largest absolute Gasteiger partial charge is 0.383 e. The fraction of sp³-hybridized carbons (Fsp3) is 0.545. The van der Waals surface area contributed by atoms with E-state index >= 15 is 0 Å². The molecule has 0 aliphatic carbocycles. The van der Waals surface area contributed by atoms with Gasteiger partial charge >= 0.3 is 0 Å². The van der Waals surface area contributed by atoms with Gasteiger partial charge in [-0.2, -0.15) is 5.10 Å². The summed E-state index contributed by atoms with van der Waals surface area (Å²) in [7, 11) is 5.61. The van der Waals surface area contributed by atoms with Crippen molar-refractivity contribution >= 4 is 5.91 Å². The fourth-order valence-electron chi connectivity index (χ4n) is 4.39. The Labute approximate surface area is 167 Å². The first-order valence-electron chi connectivity index (χ1n) is 9.94. The van der Waals surface area contributed by atoms with Gasteiger partial charge in [0.2, 0.25) is 5.91 Å². The number of aryl methyl sites for hydroxylation is 2. The molecule has 1 aromatic carbocycles. The van der Waals surface area contributed by atoms with Crippen LogP contribution in [0.3, 0.4) is 0 Å². The van der Waals surface area contributed by atoms with Gasteiger partial charge in [-0.1, -0.05) is 30.3 Å². The molecule has 0 radical (unpaired) electrons. The molecule has 0 saturated carbocycles. The Morgan fingerprint density at radius 1 is 1.25 bits per heavy atom. The van der Waals surface area contributed by atoms with E-state index in [-0.39, 0.29) is 23.9 Å². The van der Waals surface area contributed by atoms with Crippen LogP contribution in [-0.2, 0) is 23.0 Å². The molecule has 28 heavy (non-hydrogen) atoms. The molecule has 1 saturated heterocycles. The summed E-state index contributed by atoms with van der Waals surface area (Å²) < 4.78 is 7.35. The SMILES string of the molecule is COC[C@H](Cc1ccccc1)NC[C@@H]1CC(=O)N(C)[C@H]1c1c(C)nn(C)c1C. The minimum atomic E-state index is 0.0635. The highest BCUT2D eigenvalue weighted by Gasteiger charge is 2.40. The topological polar surface area (TPSA) is 59.4 Å². The molecule has 2 heterocycles. The molecule has 0 spiro atoms. The number of nitrogens with one attached hydrogen (secondary N) is 1. The van der Waals surface area contributed by atoms with E-state index in [2.05, 4.69) is 41.6 Å². The van der Waals surface area contributed by atoms with Crippen molar-refractivity contribution < 1.29 is 9.53 Å². The zero-order valence-corrected chi connectivity index (χ0v) is 17.6. The number of rotatable bonds is 8. The number of likely N-dealkylation sites (tertiary alicyclic amines) is 1. The second-order valence-corrected chi connectivity index (χ2v) is 7.87. The van der Waals surface area contributed by atoms with Crippen molar-refractivity contribution in [2.75, 3.05) is 27.3 Å². The molecular formula is C22H32N4O2. The van der Waals surface area contributed by atoms with Crippen molar-refractivity contribution in [3.05, 3.63) is 52.8 Å². The lowest BCUT2D eigenvalue weighted by molar-refractivity contribution is -0.127. The average Bonchev–Trinajstić information content (AvgIpc) is 3.08.